The maximum absolute atomic E-state index is 13.2. The van der Waals surface area contributed by atoms with Gasteiger partial charge in [0.25, 0.3) is 5.91 Å². The first-order chi connectivity index (χ1) is 12.8. The van der Waals surface area contributed by atoms with Crippen molar-refractivity contribution in [1.29, 1.82) is 0 Å². The highest BCUT2D eigenvalue weighted by Gasteiger charge is 2.44. The normalized spacial score (nSPS) is 17.1. The number of aromatic nitrogens is 1. The van der Waals surface area contributed by atoms with Crippen molar-refractivity contribution in [3.8, 4) is 0 Å². The zero-order valence-corrected chi connectivity index (χ0v) is 16.7. The van der Waals surface area contributed by atoms with Crippen molar-refractivity contribution in [1.82, 2.24) is 9.88 Å². The van der Waals surface area contributed by atoms with E-state index in [1.807, 2.05) is 6.92 Å². The Morgan fingerprint density at radius 1 is 1.41 bits per heavy atom. The van der Waals surface area contributed by atoms with Crippen LogP contribution in [0.4, 0.5) is 0 Å². The van der Waals surface area contributed by atoms with Crippen molar-refractivity contribution in [2.45, 2.75) is 19.9 Å². The molecule has 27 heavy (non-hydrogen) atoms. The fourth-order valence-electron chi connectivity index (χ4n) is 3.19. The van der Waals surface area contributed by atoms with E-state index >= 15 is 0 Å². The second-order valence-electron chi connectivity index (χ2n) is 6.19. The number of ketones is 1. The highest BCUT2D eigenvalue weighted by atomic mass is 35.5. The highest BCUT2D eigenvalue weighted by Crippen LogP contribution is 2.40. The molecule has 1 atom stereocenters. The maximum Gasteiger partial charge on any atom is 0.290 e. The Labute approximate surface area is 166 Å². The van der Waals surface area contributed by atoms with E-state index in [1.54, 1.807) is 31.2 Å². The number of aliphatic hydroxyl groups excluding tert-OH is 1. The number of Topliss-reactive ketones (excluding diaryl/α,β-unsaturated/α-hetero) is 1. The van der Waals surface area contributed by atoms with Crippen LogP contribution in [0.5, 0.6) is 0 Å². The molecular weight excluding hydrogens is 388 g/mol. The molecule has 0 saturated carbocycles. The van der Waals surface area contributed by atoms with Crippen LogP contribution in [0.15, 0.2) is 35.6 Å². The second kappa shape index (κ2) is 7.80. The number of aryl methyl sites for hydroxylation is 2. The molecular formula is C19H19ClN2O4S. The van der Waals surface area contributed by atoms with Crippen LogP contribution in [0.25, 0.3) is 0 Å². The van der Waals surface area contributed by atoms with Crippen LogP contribution >= 0.6 is 22.9 Å². The molecule has 1 aromatic heterocycles. The van der Waals surface area contributed by atoms with Gasteiger partial charge in [0.2, 0.25) is 5.78 Å². The molecule has 142 valence electrons. The highest BCUT2D eigenvalue weighted by molar-refractivity contribution is 7.14. The Bertz CT molecular complexity index is 938. The molecule has 2 aromatic rings. The Balaban J connectivity index is 2.11. The van der Waals surface area contributed by atoms with Gasteiger partial charge in [0, 0.05) is 18.7 Å². The number of rotatable bonds is 6. The van der Waals surface area contributed by atoms with E-state index in [0.717, 1.165) is 5.01 Å². The van der Waals surface area contributed by atoms with Crippen molar-refractivity contribution in [3.05, 3.63) is 61.8 Å². The van der Waals surface area contributed by atoms with E-state index in [9.17, 15) is 14.7 Å². The van der Waals surface area contributed by atoms with E-state index < -0.39 is 23.5 Å². The van der Waals surface area contributed by atoms with Crippen LogP contribution in [0, 0.1) is 13.8 Å². The quantitative estimate of drug-likeness (QED) is 0.741. The average Bonchev–Trinajstić information content (AvgIpc) is 3.09. The summed E-state index contributed by atoms with van der Waals surface area (Å²) >= 11 is 7.37. The van der Waals surface area contributed by atoms with Gasteiger partial charge in [0.15, 0.2) is 5.76 Å². The minimum absolute atomic E-state index is 0.0464. The van der Waals surface area contributed by atoms with Crippen molar-refractivity contribution >= 4 is 34.6 Å². The molecule has 1 aliphatic rings. The number of nitrogens with zero attached hydrogens (tertiary/aromatic N) is 2. The van der Waals surface area contributed by atoms with Crippen LogP contribution in [0.1, 0.15) is 32.0 Å². The number of aliphatic hydroxyl groups is 1. The predicted molar refractivity (Wildman–Crippen MR) is 103 cm³/mol. The molecule has 3 rings (SSSR count). The molecule has 2 heterocycles. The number of carbonyl (C=O) groups excluding carboxylic acids is 2. The van der Waals surface area contributed by atoms with Gasteiger partial charge in [-0.05, 0) is 31.5 Å². The van der Waals surface area contributed by atoms with Gasteiger partial charge in [0.05, 0.1) is 33.8 Å². The molecule has 1 unspecified atom stereocenters. The summed E-state index contributed by atoms with van der Waals surface area (Å²) in [5, 5.41) is 11.8. The number of halogens is 1. The Morgan fingerprint density at radius 2 is 2.15 bits per heavy atom. The smallest absolute Gasteiger partial charge is 0.290 e. The summed E-state index contributed by atoms with van der Waals surface area (Å²) in [5.74, 6) is -1.53. The van der Waals surface area contributed by atoms with Gasteiger partial charge in [-0.3, -0.25) is 9.59 Å². The van der Waals surface area contributed by atoms with Gasteiger partial charge >= 0.3 is 0 Å². The van der Waals surface area contributed by atoms with Crippen molar-refractivity contribution < 1.29 is 19.4 Å². The molecule has 0 radical (unpaired) electrons. The number of hydrogen-bond acceptors (Lipinski definition) is 6. The topological polar surface area (TPSA) is 79.7 Å². The molecule has 0 spiro atoms. The zero-order valence-electron chi connectivity index (χ0n) is 15.2. The molecule has 1 N–H and O–H groups in total. The third kappa shape index (κ3) is 3.63. The molecule has 0 bridgehead atoms. The van der Waals surface area contributed by atoms with Crippen LogP contribution in [0.3, 0.4) is 0 Å². The molecule has 8 heteroatoms. The first-order valence-electron chi connectivity index (χ1n) is 8.32. The summed E-state index contributed by atoms with van der Waals surface area (Å²) < 4.78 is 5.09. The Hall–Kier alpha value is -2.22. The molecule has 1 amide bonds. The fourth-order valence-corrected chi connectivity index (χ4v) is 4.27. The Morgan fingerprint density at radius 3 is 2.74 bits per heavy atom. The summed E-state index contributed by atoms with van der Waals surface area (Å²) in [6.07, 6.45) is 0. The predicted octanol–water partition coefficient (Wildman–Crippen LogP) is 3.64. The van der Waals surface area contributed by atoms with E-state index in [0.29, 0.717) is 21.2 Å². The number of carbonyl (C=O) groups is 2. The summed E-state index contributed by atoms with van der Waals surface area (Å²) in [7, 11) is 1.53. The molecule has 0 fully saturated rings. The van der Waals surface area contributed by atoms with Gasteiger partial charge in [0.1, 0.15) is 0 Å². The largest absolute Gasteiger partial charge is 0.503 e. The molecule has 1 aliphatic heterocycles. The summed E-state index contributed by atoms with van der Waals surface area (Å²) in [5.41, 5.74) is 1.28. The molecule has 0 saturated heterocycles. The summed E-state index contributed by atoms with van der Waals surface area (Å²) in [6, 6.07) is 6.19. The minimum atomic E-state index is -0.736. The third-order valence-electron chi connectivity index (χ3n) is 4.36. The van der Waals surface area contributed by atoms with Gasteiger partial charge < -0.3 is 14.7 Å². The van der Waals surface area contributed by atoms with E-state index in [1.165, 1.54) is 23.3 Å². The van der Waals surface area contributed by atoms with E-state index in [4.69, 9.17) is 16.3 Å². The Kier molecular flexibility index (Phi) is 5.64. The lowest BCUT2D eigenvalue weighted by Gasteiger charge is -2.26. The van der Waals surface area contributed by atoms with Gasteiger partial charge in [-0.15, -0.1) is 11.3 Å². The lowest BCUT2D eigenvalue weighted by Crippen LogP contribution is -2.34. The van der Waals surface area contributed by atoms with Gasteiger partial charge in [-0.25, -0.2) is 4.98 Å². The number of amides is 1. The number of ether oxygens (including phenoxy) is 1. The van der Waals surface area contributed by atoms with Gasteiger partial charge in [-0.1, -0.05) is 23.7 Å². The van der Waals surface area contributed by atoms with Gasteiger partial charge in [-0.2, -0.15) is 0 Å². The first-order valence-corrected chi connectivity index (χ1v) is 9.51. The zero-order chi connectivity index (χ0) is 19.7. The maximum atomic E-state index is 13.2. The number of thiazole rings is 1. The van der Waals surface area contributed by atoms with Crippen LogP contribution in [0.2, 0.25) is 5.02 Å². The standard InChI is InChI=1S/C19H19ClN2O4S/c1-10-18(27-11(2)21-10)16(23)14-15(12-5-4-6-13(20)9-12)22(7-8-26-3)19(25)17(14)24/h4-6,9,15,24H,7-8H2,1-3H3. The third-order valence-corrected chi connectivity index (χ3v) is 5.67. The lowest BCUT2D eigenvalue weighted by molar-refractivity contribution is -0.130. The van der Waals surface area contributed by atoms with Crippen LogP contribution in [-0.4, -0.2) is 46.9 Å². The number of benzene rings is 1. The molecule has 0 aliphatic carbocycles. The summed E-state index contributed by atoms with van der Waals surface area (Å²) in [6.45, 7) is 4.05. The van der Waals surface area contributed by atoms with Crippen molar-refractivity contribution in [2.75, 3.05) is 20.3 Å². The summed E-state index contributed by atoms with van der Waals surface area (Å²) in [4.78, 5) is 32.0. The fraction of sp³-hybridized carbons (Fsp3) is 0.316. The van der Waals surface area contributed by atoms with Crippen LogP contribution in [-0.2, 0) is 9.53 Å². The molecule has 1 aromatic carbocycles. The number of methoxy groups -OCH3 is 1. The second-order valence-corrected chi connectivity index (χ2v) is 7.83. The lowest BCUT2D eigenvalue weighted by atomic mass is 9.95. The average molecular weight is 407 g/mol. The van der Waals surface area contributed by atoms with Crippen molar-refractivity contribution in [2.24, 2.45) is 0 Å². The van der Waals surface area contributed by atoms with Crippen molar-refractivity contribution in [3.63, 3.8) is 0 Å². The first kappa shape index (κ1) is 19.5. The van der Waals surface area contributed by atoms with Crippen LogP contribution < -0.4 is 0 Å². The monoisotopic (exact) mass is 406 g/mol. The van der Waals surface area contributed by atoms with E-state index in [-0.39, 0.29) is 18.7 Å². The van der Waals surface area contributed by atoms with E-state index in [2.05, 4.69) is 4.98 Å². The SMILES string of the molecule is COCCN1C(=O)C(O)=C(C(=O)c2sc(C)nc2C)C1c1cccc(Cl)c1. The number of hydrogen-bond donors (Lipinski definition) is 1. The minimum Gasteiger partial charge on any atom is -0.503 e. The molecule has 6 nitrogen and oxygen atoms in total.